The zero-order valence-corrected chi connectivity index (χ0v) is 26.6. The summed E-state index contributed by atoms with van der Waals surface area (Å²) in [6.45, 7) is 4.42. The van der Waals surface area contributed by atoms with Gasteiger partial charge in [0.1, 0.15) is 0 Å². The standard InChI is InChI=1S/C35H41NO5S2/c1-33-15-14-22(37)16-21(33)12-13-23-24-17-29-35(34(24,2)18-26(38)30(23)33,41-31(40-29)20-8-4-3-5-9-20)28(39)19-42-32-36-25-10-6-7-11-27(25)43-32/h6-7,10-11,14-16,20,23-24,26,29-31,38H,3-5,8-9,12-13,17-19H2,1-2H3/t23?,24?,26?,29-,30?,31-,33?,34?,35-/m1/s1. The van der Waals surface area contributed by atoms with Crippen molar-refractivity contribution in [2.24, 2.45) is 34.5 Å². The van der Waals surface area contributed by atoms with E-state index in [-0.39, 0.29) is 52.9 Å². The first-order valence-corrected chi connectivity index (χ1v) is 18.0. The van der Waals surface area contributed by atoms with Crippen molar-refractivity contribution in [1.82, 2.24) is 4.98 Å². The van der Waals surface area contributed by atoms with E-state index in [0.717, 1.165) is 52.2 Å². The van der Waals surface area contributed by atoms with Crippen molar-refractivity contribution in [3.8, 4) is 0 Å². The van der Waals surface area contributed by atoms with E-state index >= 15 is 0 Å². The van der Waals surface area contributed by atoms with Crippen molar-refractivity contribution in [2.45, 2.75) is 100 Å². The molecule has 0 spiro atoms. The fourth-order valence-corrected chi connectivity index (χ4v) is 12.4. The van der Waals surface area contributed by atoms with Crippen LogP contribution in [-0.4, -0.2) is 51.5 Å². The number of aromatic nitrogens is 1. The topological polar surface area (TPSA) is 85.7 Å². The first kappa shape index (κ1) is 28.6. The first-order valence-electron chi connectivity index (χ1n) is 16.2. The second kappa shape index (κ2) is 10.3. The van der Waals surface area contributed by atoms with Crippen molar-refractivity contribution in [2.75, 3.05) is 5.75 Å². The van der Waals surface area contributed by atoms with E-state index in [0.29, 0.717) is 12.3 Å². The van der Waals surface area contributed by atoms with E-state index in [1.165, 1.54) is 31.0 Å². The van der Waals surface area contributed by atoms with E-state index < -0.39 is 17.1 Å². The summed E-state index contributed by atoms with van der Waals surface area (Å²) < 4.78 is 16.0. The number of aliphatic hydroxyl groups is 1. The molecular formula is C35H41NO5S2. The van der Waals surface area contributed by atoms with Crippen molar-refractivity contribution < 1.29 is 24.2 Å². The monoisotopic (exact) mass is 619 g/mol. The van der Waals surface area contributed by atoms with Crippen LogP contribution < -0.4 is 0 Å². The number of ether oxygens (including phenoxy) is 2. The smallest absolute Gasteiger partial charge is 0.178 e. The highest BCUT2D eigenvalue weighted by atomic mass is 32.2. The molecule has 2 aromatic rings. The summed E-state index contributed by atoms with van der Waals surface area (Å²) in [6, 6.07) is 8.10. The molecule has 0 radical (unpaired) electrons. The number of ketones is 2. The van der Waals surface area contributed by atoms with Gasteiger partial charge in [0, 0.05) is 22.7 Å². The Morgan fingerprint density at radius 1 is 1.16 bits per heavy atom. The Labute approximate surface area is 261 Å². The summed E-state index contributed by atoms with van der Waals surface area (Å²) >= 11 is 3.14. The lowest BCUT2D eigenvalue weighted by Gasteiger charge is -2.59. The van der Waals surface area contributed by atoms with Gasteiger partial charge in [-0.3, -0.25) is 9.59 Å². The summed E-state index contributed by atoms with van der Waals surface area (Å²) in [6.07, 6.45) is 13.1. The van der Waals surface area contributed by atoms with Gasteiger partial charge in [0.25, 0.3) is 0 Å². The lowest BCUT2D eigenvalue weighted by molar-refractivity contribution is -0.207. The van der Waals surface area contributed by atoms with E-state index in [9.17, 15) is 14.7 Å². The number of nitrogens with zero attached hydrogens (tertiary/aromatic N) is 1. The van der Waals surface area contributed by atoms with E-state index in [4.69, 9.17) is 14.5 Å². The molecule has 5 aliphatic carbocycles. The molecule has 1 aliphatic heterocycles. The van der Waals surface area contributed by atoms with E-state index in [1.54, 1.807) is 23.5 Å². The van der Waals surface area contributed by atoms with Gasteiger partial charge in [-0.25, -0.2) is 4.98 Å². The molecule has 6 unspecified atom stereocenters. The largest absolute Gasteiger partial charge is 0.393 e. The summed E-state index contributed by atoms with van der Waals surface area (Å²) in [4.78, 5) is 31.8. The normalized spacial score (nSPS) is 42.3. The maximum Gasteiger partial charge on any atom is 0.178 e. The van der Waals surface area contributed by atoms with Gasteiger partial charge in [-0.2, -0.15) is 0 Å². The van der Waals surface area contributed by atoms with Gasteiger partial charge in [-0.1, -0.05) is 68.7 Å². The Morgan fingerprint density at radius 3 is 2.79 bits per heavy atom. The molecule has 43 heavy (non-hydrogen) atoms. The van der Waals surface area contributed by atoms with Crippen LogP contribution in [0.25, 0.3) is 10.2 Å². The number of hydrogen-bond donors (Lipinski definition) is 1. The molecule has 0 bridgehead atoms. The van der Waals surface area contributed by atoms with E-state index in [2.05, 4.69) is 19.9 Å². The SMILES string of the molecule is CC12C=CC(=O)C=C1CCC1C2C(O)CC2(C)C1C[C@H]1O[C@@H](C3CCCCC3)O[C@]12C(=O)CSc1nc2ccccc2s1. The Balaban J connectivity index is 1.13. The third-order valence-corrected chi connectivity index (χ3v) is 14.5. The zero-order chi connectivity index (χ0) is 29.6. The summed E-state index contributed by atoms with van der Waals surface area (Å²) in [5.74, 6) is 1.14. The minimum atomic E-state index is -1.08. The van der Waals surface area contributed by atoms with Crippen molar-refractivity contribution in [1.29, 1.82) is 0 Å². The molecule has 0 amide bonds. The molecule has 1 N–H and O–H groups in total. The number of Topliss-reactive ketones (excluding diaryl/α,β-unsaturated/α-hetero) is 1. The minimum Gasteiger partial charge on any atom is -0.393 e. The van der Waals surface area contributed by atoms with Crippen molar-refractivity contribution in [3.63, 3.8) is 0 Å². The maximum atomic E-state index is 14.7. The van der Waals surface area contributed by atoms with Gasteiger partial charge in [-0.05, 0) is 74.6 Å². The lowest BCUT2D eigenvalue weighted by atomic mass is 9.46. The van der Waals surface area contributed by atoms with Crippen molar-refractivity contribution in [3.05, 3.63) is 48.1 Å². The Bertz CT molecular complexity index is 1490. The average Bonchev–Trinajstić information content (AvgIpc) is 3.66. The lowest BCUT2D eigenvalue weighted by Crippen LogP contribution is -2.63. The van der Waals surface area contributed by atoms with Gasteiger partial charge in [0.2, 0.25) is 0 Å². The van der Waals surface area contributed by atoms with Crippen LogP contribution in [0.3, 0.4) is 0 Å². The number of carbonyl (C=O) groups excluding carboxylic acids is 2. The zero-order valence-electron chi connectivity index (χ0n) is 25.0. The highest BCUT2D eigenvalue weighted by Crippen LogP contribution is 2.70. The van der Waals surface area contributed by atoms with Gasteiger partial charge >= 0.3 is 0 Å². The highest BCUT2D eigenvalue weighted by molar-refractivity contribution is 8.01. The van der Waals surface area contributed by atoms with Gasteiger partial charge < -0.3 is 14.6 Å². The number of para-hydroxylation sites is 1. The number of fused-ring (bicyclic) bond motifs is 8. The molecule has 5 fully saturated rings. The van der Waals surface area contributed by atoms with Crippen LogP contribution in [0.5, 0.6) is 0 Å². The Hall–Kier alpha value is -1.84. The molecule has 2 heterocycles. The Kier molecular flexibility index (Phi) is 6.89. The quantitative estimate of drug-likeness (QED) is 0.364. The van der Waals surface area contributed by atoms with Crippen LogP contribution >= 0.6 is 23.1 Å². The van der Waals surface area contributed by atoms with Gasteiger partial charge in [0.15, 0.2) is 27.8 Å². The number of aliphatic hydroxyl groups excluding tert-OH is 1. The van der Waals surface area contributed by atoms with Crippen molar-refractivity contribution >= 4 is 44.9 Å². The number of hydrogen-bond acceptors (Lipinski definition) is 8. The highest BCUT2D eigenvalue weighted by Gasteiger charge is 2.76. The van der Waals surface area contributed by atoms with E-state index in [1.807, 2.05) is 24.3 Å². The second-order valence-corrected chi connectivity index (χ2v) is 16.6. The number of allylic oxidation sites excluding steroid dienone is 4. The van der Waals surface area contributed by atoms with Crippen LogP contribution in [0.2, 0.25) is 0 Å². The molecule has 1 saturated heterocycles. The molecule has 6 nitrogen and oxygen atoms in total. The summed E-state index contributed by atoms with van der Waals surface area (Å²) in [5, 5.41) is 12.0. The molecule has 1 aromatic heterocycles. The van der Waals surface area contributed by atoms with Crippen LogP contribution in [0, 0.1) is 34.5 Å². The third kappa shape index (κ3) is 4.19. The third-order valence-electron chi connectivity index (χ3n) is 12.3. The number of thioether (sulfide) groups is 1. The van der Waals surface area contributed by atoms with Gasteiger partial charge in [0.05, 0.1) is 28.2 Å². The second-order valence-electron chi connectivity index (χ2n) is 14.4. The van der Waals surface area contributed by atoms with Crippen LogP contribution in [0.4, 0.5) is 0 Å². The number of carbonyl (C=O) groups is 2. The molecule has 1 aromatic carbocycles. The predicted octanol–water partition coefficient (Wildman–Crippen LogP) is 6.91. The van der Waals surface area contributed by atoms with Crippen LogP contribution in [0.15, 0.2) is 52.4 Å². The molecule has 228 valence electrons. The molecular weight excluding hydrogens is 579 g/mol. The predicted molar refractivity (Wildman–Crippen MR) is 168 cm³/mol. The molecule has 8 rings (SSSR count). The fraction of sp³-hybridized carbons (Fsp3) is 0.629. The number of benzene rings is 1. The maximum absolute atomic E-state index is 14.7. The first-order chi connectivity index (χ1) is 20.7. The fourth-order valence-electron chi connectivity index (χ4n) is 10.4. The molecule has 4 saturated carbocycles. The average molecular weight is 620 g/mol. The van der Waals surface area contributed by atoms with Crippen LogP contribution in [-0.2, 0) is 19.1 Å². The number of thiazole rings is 1. The van der Waals surface area contributed by atoms with Crippen LogP contribution in [0.1, 0.15) is 71.6 Å². The summed E-state index contributed by atoms with van der Waals surface area (Å²) in [7, 11) is 0. The molecule has 8 heteroatoms. The summed E-state index contributed by atoms with van der Waals surface area (Å²) in [5.41, 5.74) is 0.138. The Morgan fingerprint density at radius 2 is 1.98 bits per heavy atom. The van der Waals surface area contributed by atoms with Gasteiger partial charge in [-0.15, -0.1) is 11.3 Å². The number of rotatable bonds is 5. The molecule has 9 atom stereocenters. The minimum absolute atomic E-state index is 0.00664. The molecule has 6 aliphatic rings.